The van der Waals surface area contributed by atoms with Crippen molar-refractivity contribution in [2.24, 2.45) is 0 Å². The van der Waals surface area contributed by atoms with Gasteiger partial charge in [0.1, 0.15) is 6.10 Å². The van der Waals surface area contributed by atoms with Gasteiger partial charge < -0.3 is 10.8 Å². The van der Waals surface area contributed by atoms with Crippen LogP contribution in [0, 0.1) is 0 Å². The monoisotopic (exact) mass is 268 g/mol. The van der Waals surface area contributed by atoms with E-state index in [1.54, 1.807) is 0 Å². The van der Waals surface area contributed by atoms with Crippen molar-refractivity contribution in [1.82, 2.24) is 4.98 Å². The molecule has 0 bridgehead atoms. The van der Waals surface area contributed by atoms with E-state index in [-0.39, 0.29) is 5.56 Å². The molecule has 0 amide bonds. The standard InChI is InChI=1S/C13H11F3N2O/c14-13(15,16)11-5-6-18-7-10(11)12(19)8-1-3-9(17)4-2-8/h1-7,12,19H,17H2. The summed E-state index contributed by atoms with van der Waals surface area (Å²) in [5.74, 6) is 0. The van der Waals surface area contributed by atoms with Crippen molar-refractivity contribution in [3.63, 3.8) is 0 Å². The number of nitrogens with two attached hydrogens (primary N) is 1. The van der Waals surface area contributed by atoms with Crippen molar-refractivity contribution >= 4 is 5.69 Å². The third-order valence-electron chi connectivity index (χ3n) is 2.70. The lowest BCUT2D eigenvalue weighted by Gasteiger charge is -2.17. The molecule has 1 unspecified atom stereocenters. The number of aliphatic hydroxyl groups is 1. The van der Waals surface area contributed by atoms with E-state index in [0.717, 1.165) is 18.5 Å². The van der Waals surface area contributed by atoms with Gasteiger partial charge in [0.15, 0.2) is 0 Å². The Hall–Kier alpha value is -2.08. The first kappa shape index (κ1) is 13.4. The third kappa shape index (κ3) is 2.85. The van der Waals surface area contributed by atoms with E-state index in [0.29, 0.717) is 11.3 Å². The first-order valence-electron chi connectivity index (χ1n) is 5.44. The molecule has 0 radical (unpaired) electrons. The number of rotatable bonds is 2. The first-order valence-corrected chi connectivity index (χ1v) is 5.44. The van der Waals surface area contributed by atoms with E-state index in [1.165, 1.54) is 24.3 Å². The van der Waals surface area contributed by atoms with Crippen LogP contribution in [-0.2, 0) is 6.18 Å². The van der Waals surface area contributed by atoms with Crippen LogP contribution in [0.2, 0.25) is 0 Å². The second-order valence-electron chi connectivity index (χ2n) is 4.03. The number of nitrogens with zero attached hydrogens (tertiary/aromatic N) is 1. The molecular weight excluding hydrogens is 257 g/mol. The number of halogens is 3. The van der Waals surface area contributed by atoms with Crippen LogP contribution in [0.5, 0.6) is 0 Å². The van der Waals surface area contributed by atoms with Gasteiger partial charge >= 0.3 is 6.18 Å². The van der Waals surface area contributed by atoms with Crippen LogP contribution in [-0.4, -0.2) is 10.1 Å². The molecule has 6 heteroatoms. The number of benzene rings is 1. The molecule has 1 aromatic heterocycles. The van der Waals surface area contributed by atoms with Gasteiger partial charge in [-0.1, -0.05) is 12.1 Å². The summed E-state index contributed by atoms with van der Waals surface area (Å²) in [4.78, 5) is 3.64. The maximum absolute atomic E-state index is 12.8. The van der Waals surface area contributed by atoms with Crippen LogP contribution in [0.4, 0.5) is 18.9 Å². The zero-order valence-electron chi connectivity index (χ0n) is 9.72. The average Bonchev–Trinajstić information content (AvgIpc) is 2.38. The van der Waals surface area contributed by atoms with Crippen LogP contribution in [0.25, 0.3) is 0 Å². The molecule has 19 heavy (non-hydrogen) atoms. The topological polar surface area (TPSA) is 59.1 Å². The van der Waals surface area contributed by atoms with E-state index in [1.807, 2.05) is 0 Å². The number of hydrogen-bond acceptors (Lipinski definition) is 3. The van der Waals surface area contributed by atoms with Crippen molar-refractivity contribution in [3.05, 3.63) is 59.4 Å². The summed E-state index contributed by atoms with van der Waals surface area (Å²) in [7, 11) is 0. The van der Waals surface area contributed by atoms with Crippen molar-refractivity contribution in [2.45, 2.75) is 12.3 Å². The molecule has 0 aliphatic heterocycles. The van der Waals surface area contributed by atoms with Gasteiger partial charge in [0.25, 0.3) is 0 Å². The highest BCUT2D eigenvalue weighted by Crippen LogP contribution is 2.35. The van der Waals surface area contributed by atoms with Crippen molar-refractivity contribution < 1.29 is 18.3 Å². The van der Waals surface area contributed by atoms with Crippen LogP contribution in [0.1, 0.15) is 22.8 Å². The molecule has 2 rings (SSSR count). The number of hydrogen-bond donors (Lipinski definition) is 2. The molecule has 0 aliphatic rings. The molecule has 0 saturated carbocycles. The van der Waals surface area contributed by atoms with Gasteiger partial charge in [-0.05, 0) is 23.8 Å². The summed E-state index contributed by atoms with van der Waals surface area (Å²) < 4.78 is 38.5. The Balaban J connectivity index is 2.44. The first-order chi connectivity index (χ1) is 8.89. The number of nitrogen functional groups attached to an aromatic ring is 1. The lowest BCUT2D eigenvalue weighted by Crippen LogP contribution is -2.13. The fourth-order valence-corrected chi connectivity index (χ4v) is 1.74. The number of pyridine rings is 1. The van der Waals surface area contributed by atoms with Gasteiger partial charge in [-0.15, -0.1) is 0 Å². The second kappa shape index (κ2) is 4.89. The molecular formula is C13H11F3N2O. The van der Waals surface area contributed by atoms with E-state index in [2.05, 4.69) is 4.98 Å². The quantitative estimate of drug-likeness (QED) is 0.823. The Bertz CT molecular complexity index is 567. The summed E-state index contributed by atoms with van der Waals surface area (Å²) >= 11 is 0. The van der Waals surface area contributed by atoms with Gasteiger partial charge in [0, 0.05) is 23.6 Å². The Morgan fingerprint density at radius 1 is 1.11 bits per heavy atom. The molecule has 1 heterocycles. The molecule has 0 spiro atoms. The minimum Gasteiger partial charge on any atom is -0.399 e. The number of aromatic nitrogens is 1. The van der Waals surface area contributed by atoms with E-state index < -0.39 is 17.8 Å². The molecule has 100 valence electrons. The predicted molar refractivity (Wildman–Crippen MR) is 64.2 cm³/mol. The van der Waals surface area contributed by atoms with Gasteiger partial charge in [0.2, 0.25) is 0 Å². The number of aliphatic hydroxyl groups excluding tert-OH is 1. The lowest BCUT2D eigenvalue weighted by molar-refractivity contribution is -0.139. The molecule has 3 nitrogen and oxygen atoms in total. The Morgan fingerprint density at radius 3 is 2.32 bits per heavy atom. The summed E-state index contributed by atoms with van der Waals surface area (Å²) in [5, 5.41) is 10.0. The zero-order valence-corrected chi connectivity index (χ0v) is 9.72. The summed E-state index contributed by atoms with van der Waals surface area (Å²) in [6.07, 6.45) is -3.87. The van der Waals surface area contributed by atoms with Gasteiger partial charge in [-0.2, -0.15) is 13.2 Å². The predicted octanol–water partition coefficient (Wildman–Crippen LogP) is 2.76. The molecule has 3 N–H and O–H groups in total. The van der Waals surface area contributed by atoms with Gasteiger partial charge in [-0.3, -0.25) is 4.98 Å². The molecule has 0 saturated heterocycles. The number of alkyl halides is 3. The molecule has 2 aromatic rings. The van der Waals surface area contributed by atoms with Gasteiger partial charge in [0.05, 0.1) is 5.56 Å². The van der Waals surface area contributed by atoms with E-state index in [4.69, 9.17) is 5.73 Å². The van der Waals surface area contributed by atoms with E-state index in [9.17, 15) is 18.3 Å². The fourth-order valence-electron chi connectivity index (χ4n) is 1.74. The summed E-state index contributed by atoms with van der Waals surface area (Å²) in [5.41, 5.74) is 5.11. The average molecular weight is 268 g/mol. The Morgan fingerprint density at radius 2 is 1.74 bits per heavy atom. The van der Waals surface area contributed by atoms with Crippen LogP contribution in [0.15, 0.2) is 42.7 Å². The molecule has 0 fully saturated rings. The van der Waals surface area contributed by atoms with Gasteiger partial charge in [-0.25, -0.2) is 0 Å². The minimum atomic E-state index is -4.53. The number of anilines is 1. The van der Waals surface area contributed by atoms with Crippen LogP contribution >= 0.6 is 0 Å². The second-order valence-corrected chi connectivity index (χ2v) is 4.03. The summed E-state index contributed by atoms with van der Waals surface area (Å²) in [6.45, 7) is 0. The minimum absolute atomic E-state index is 0.278. The highest BCUT2D eigenvalue weighted by atomic mass is 19.4. The lowest BCUT2D eigenvalue weighted by atomic mass is 9.98. The Kier molecular flexibility index (Phi) is 3.44. The van der Waals surface area contributed by atoms with Crippen molar-refractivity contribution in [3.8, 4) is 0 Å². The Labute approximate surface area is 107 Å². The highest BCUT2D eigenvalue weighted by molar-refractivity contribution is 5.42. The largest absolute Gasteiger partial charge is 0.416 e. The van der Waals surface area contributed by atoms with E-state index >= 15 is 0 Å². The zero-order chi connectivity index (χ0) is 14.0. The van der Waals surface area contributed by atoms with Crippen LogP contribution < -0.4 is 5.73 Å². The SMILES string of the molecule is Nc1ccc(C(O)c2cnccc2C(F)(F)F)cc1. The smallest absolute Gasteiger partial charge is 0.399 e. The fraction of sp³-hybridized carbons (Fsp3) is 0.154. The van der Waals surface area contributed by atoms with Crippen molar-refractivity contribution in [1.29, 1.82) is 0 Å². The highest BCUT2D eigenvalue weighted by Gasteiger charge is 2.35. The van der Waals surface area contributed by atoms with Crippen LogP contribution in [0.3, 0.4) is 0 Å². The summed E-state index contributed by atoms with van der Waals surface area (Å²) in [6, 6.07) is 6.83. The maximum Gasteiger partial charge on any atom is 0.416 e. The molecule has 1 atom stereocenters. The van der Waals surface area contributed by atoms with Crippen molar-refractivity contribution in [2.75, 3.05) is 5.73 Å². The molecule has 1 aromatic carbocycles. The maximum atomic E-state index is 12.8. The normalized spacial score (nSPS) is 13.3. The molecule has 0 aliphatic carbocycles. The third-order valence-corrected chi connectivity index (χ3v) is 2.70.